The molecule has 0 spiro atoms. The van der Waals surface area contributed by atoms with Gasteiger partial charge in [-0.15, -0.1) is 0 Å². The summed E-state index contributed by atoms with van der Waals surface area (Å²) in [4.78, 5) is 13.5. The van der Waals surface area contributed by atoms with E-state index in [0.29, 0.717) is 28.8 Å². The lowest BCUT2D eigenvalue weighted by molar-refractivity contribution is -0.114. The molecule has 0 atom stereocenters. The monoisotopic (exact) mass is 503 g/mol. The van der Waals surface area contributed by atoms with Gasteiger partial charge in [0.25, 0.3) is 0 Å². The largest absolute Gasteiger partial charge is 0.326 e. The Hall–Kier alpha value is -2.42. The third-order valence-electron chi connectivity index (χ3n) is 5.45. The molecule has 0 bridgehead atoms. The van der Waals surface area contributed by atoms with E-state index in [4.69, 9.17) is 23.2 Å². The Morgan fingerprint density at radius 1 is 0.879 bits per heavy atom. The minimum absolute atomic E-state index is 0.0442. The second-order valence-corrected chi connectivity index (χ2v) is 10.6. The smallest absolute Gasteiger partial charge is 0.240 e. The van der Waals surface area contributed by atoms with Crippen molar-refractivity contribution in [2.75, 3.05) is 18.4 Å². The van der Waals surface area contributed by atoms with Crippen molar-refractivity contribution in [1.29, 1.82) is 0 Å². The molecule has 1 aliphatic rings. The molecule has 1 fully saturated rings. The first-order chi connectivity index (χ1) is 15.7. The predicted octanol–water partition coefficient (Wildman–Crippen LogP) is 4.70. The van der Waals surface area contributed by atoms with E-state index in [1.807, 2.05) is 48.5 Å². The van der Waals surface area contributed by atoms with Crippen LogP contribution in [-0.4, -0.2) is 38.4 Å². The summed E-state index contributed by atoms with van der Waals surface area (Å²) in [6, 6.07) is 21.2. The van der Waals surface area contributed by atoms with E-state index in [0.717, 1.165) is 11.1 Å². The van der Waals surface area contributed by atoms with E-state index in [2.05, 4.69) is 14.9 Å². The highest BCUT2D eigenvalue weighted by atomic mass is 35.5. The minimum atomic E-state index is -3.68. The highest BCUT2D eigenvalue weighted by Gasteiger charge is 2.36. The zero-order valence-corrected chi connectivity index (χ0v) is 20.2. The number of nitrogens with one attached hydrogen (secondary N) is 2. The maximum absolute atomic E-state index is 12.8. The van der Waals surface area contributed by atoms with E-state index < -0.39 is 10.0 Å². The fourth-order valence-electron chi connectivity index (χ4n) is 3.91. The Morgan fingerprint density at radius 2 is 1.36 bits per heavy atom. The van der Waals surface area contributed by atoms with Gasteiger partial charge < -0.3 is 5.32 Å². The topological polar surface area (TPSA) is 78.5 Å². The van der Waals surface area contributed by atoms with Gasteiger partial charge in [0.05, 0.1) is 10.9 Å². The average molecular weight is 504 g/mol. The zero-order valence-electron chi connectivity index (χ0n) is 17.8. The lowest BCUT2D eigenvalue weighted by Crippen LogP contribution is -2.60. The van der Waals surface area contributed by atoms with Gasteiger partial charge in [-0.05, 0) is 59.7 Å². The first-order valence-corrected chi connectivity index (χ1v) is 12.6. The molecular formula is C24H23Cl2N3O3S. The quantitative estimate of drug-likeness (QED) is 0.489. The maximum Gasteiger partial charge on any atom is 0.240 e. The molecule has 3 aromatic carbocycles. The number of nitrogens with zero attached hydrogens (tertiary/aromatic N) is 1. The Labute approximate surface area is 203 Å². The number of likely N-dealkylation sites (tertiary alicyclic amines) is 1. The summed E-state index contributed by atoms with van der Waals surface area (Å²) in [6.07, 6.45) is 0. The van der Waals surface area contributed by atoms with Gasteiger partial charge >= 0.3 is 0 Å². The van der Waals surface area contributed by atoms with Crippen LogP contribution >= 0.6 is 23.2 Å². The fraction of sp³-hybridized carbons (Fsp3) is 0.208. The van der Waals surface area contributed by atoms with Crippen molar-refractivity contribution in [3.05, 3.63) is 94.0 Å². The molecular weight excluding hydrogens is 481 g/mol. The molecule has 0 aromatic heterocycles. The molecule has 9 heteroatoms. The van der Waals surface area contributed by atoms with Crippen molar-refractivity contribution >= 4 is 44.8 Å². The fourth-order valence-corrected chi connectivity index (χ4v) is 5.38. The Balaban J connectivity index is 1.46. The summed E-state index contributed by atoms with van der Waals surface area (Å²) in [5.41, 5.74) is 2.68. The molecule has 0 radical (unpaired) electrons. The van der Waals surface area contributed by atoms with Crippen LogP contribution in [0.1, 0.15) is 24.1 Å². The lowest BCUT2D eigenvalue weighted by atomic mass is 9.93. The van der Waals surface area contributed by atoms with Crippen molar-refractivity contribution in [3.63, 3.8) is 0 Å². The van der Waals surface area contributed by atoms with E-state index in [9.17, 15) is 13.2 Å². The van der Waals surface area contributed by atoms with Crippen LogP contribution < -0.4 is 10.0 Å². The molecule has 33 heavy (non-hydrogen) atoms. The minimum Gasteiger partial charge on any atom is -0.326 e. The van der Waals surface area contributed by atoms with Crippen LogP contribution in [0.3, 0.4) is 0 Å². The van der Waals surface area contributed by atoms with Crippen LogP contribution in [-0.2, 0) is 14.8 Å². The second-order valence-electron chi connectivity index (χ2n) is 7.98. The molecule has 3 aromatic rings. The van der Waals surface area contributed by atoms with Gasteiger partial charge in [0, 0.05) is 41.8 Å². The molecule has 172 valence electrons. The summed E-state index contributed by atoms with van der Waals surface area (Å²) >= 11 is 12.1. The molecule has 2 N–H and O–H groups in total. The summed E-state index contributed by atoms with van der Waals surface area (Å²) in [7, 11) is -3.68. The number of sulfonamides is 1. The van der Waals surface area contributed by atoms with Gasteiger partial charge in [-0.25, -0.2) is 13.1 Å². The number of amides is 1. The van der Waals surface area contributed by atoms with Crippen LogP contribution in [0.15, 0.2) is 77.7 Å². The van der Waals surface area contributed by atoms with Crippen LogP contribution in [0, 0.1) is 0 Å². The number of hydrogen-bond acceptors (Lipinski definition) is 4. The van der Waals surface area contributed by atoms with Crippen molar-refractivity contribution < 1.29 is 13.2 Å². The molecule has 1 aliphatic heterocycles. The van der Waals surface area contributed by atoms with Crippen LogP contribution in [0.5, 0.6) is 0 Å². The van der Waals surface area contributed by atoms with Gasteiger partial charge in [-0.1, -0.05) is 47.5 Å². The summed E-state index contributed by atoms with van der Waals surface area (Å²) in [5, 5.41) is 3.94. The SMILES string of the molecule is CC(=O)Nc1ccc(S(=O)(=O)NC2CN(C(c3ccc(Cl)cc3)c3ccc(Cl)cc3)C2)cc1. The second kappa shape index (κ2) is 9.83. The number of carbonyl (C=O) groups is 1. The molecule has 0 unspecified atom stereocenters. The van der Waals surface area contributed by atoms with Crippen molar-refractivity contribution in [1.82, 2.24) is 9.62 Å². The molecule has 1 heterocycles. The average Bonchev–Trinajstić information content (AvgIpc) is 2.74. The number of hydrogen-bond donors (Lipinski definition) is 2. The van der Waals surface area contributed by atoms with Gasteiger partial charge in [-0.3, -0.25) is 9.69 Å². The summed E-state index contributed by atoms with van der Waals surface area (Å²) < 4.78 is 28.4. The van der Waals surface area contributed by atoms with Crippen LogP contribution in [0.4, 0.5) is 5.69 Å². The van der Waals surface area contributed by atoms with Gasteiger partial charge in [0.2, 0.25) is 15.9 Å². The van der Waals surface area contributed by atoms with Gasteiger partial charge in [0.1, 0.15) is 0 Å². The highest BCUT2D eigenvalue weighted by Crippen LogP contribution is 2.34. The number of carbonyl (C=O) groups excluding carboxylic acids is 1. The first-order valence-electron chi connectivity index (χ1n) is 10.4. The Bertz CT molecular complexity index is 1180. The van der Waals surface area contributed by atoms with Gasteiger partial charge in [-0.2, -0.15) is 0 Å². The third kappa shape index (κ3) is 5.75. The number of anilines is 1. The van der Waals surface area contributed by atoms with E-state index >= 15 is 0 Å². The standard InChI is InChI=1S/C24H23Cl2N3O3S/c1-16(30)27-21-10-12-23(13-11-21)33(31,32)28-22-14-29(15-22)24(17-2-6-19(25)7-3-17)18-4-8-20(26)9-5-18/h2-13,22,24,28H,14-15H2,1H3,(H,27,30). The normalized spacial score (nSPS) is 14.8. The molecule has 6 nitrogen and oxygen atoms in total. The number of halogens is 2. The molecule has 0 aliphatic carbocycles. The van der Waals surface area contributed by atoms with Crippen molar-refractivity contribution in [3.8, 4) is 0 Å². The summed E-state index contributed by atoms with van der Waals surface area (Å²) in [6.45, 7) is 2.51. The van der Waals surface area contributed by atoms with Crippen LogP contribution in [0.2, 0.25) is 10.0 Å². The zero-order chi connectivity index (χ0) is 23.6. The maximum atomic E-state index is 12.8. The molecule has 1 amide bonds. The third-order valence-corrected chi connectivity index (χ3v) is 7.49. The number of rotatable bonds is 7. The predicted molar refractivity (Wildman–Crippen MR) is 131 cm³/mol. The van der Waals surface area contributed by atoms with E-state index in [-0.39, 0.29) is 22.9 Å². The number of benzene rings is 3. The van der Waals surface area contributed by atoms with Crippen molar-refractivity contribution in [2.24, 2.45) is 0 Å². The molecule has 4 rings (SSSR count). The molecule has 0 saturated carbocycles. The summed E-state index contributed by atoms with van der Waals surface area (Å²) in [5.74, 6) is -0.214. The van der Waals surface area contributed by atoms with Crippen LogP contribution in [0.25, 0.3) is 0 Å². The Morgan fingerprint density at radius 3 is 1.82 bits per heavy atom. The van der Waals surface area contributed by atoms with Gasteiger partial charge in [0.15, 0.2) is 0 Å². The lowest BCUT2D eigenvalue weighted by Gasteiger charge is -2.44. The van der Waals surface area contributed by atoms with E-state index in [1.165, 1.54) is 19.1 Å². The molecule has 1 saturated heterocycles. The first kappa shape index (κ1) is 23.7. The van der Waals surface area contributed by atoms with E-state index in [1.54, 1.807) is 12.1 Å². The highest BCUT2D eigenvalue weighted by molar-refractivity contribution is 7.89. The van der Waals surface area contributed by atoms with Crippen molar-refractivity contribution in [2.45, 2.75) is 23.9 Å². The Kier molecular flexibility index (Phi) is 7.07.